The van der Waals surface area contributed by atoms with Crippen LogP contribution in [0.1, 0.15) is 5.56 Å². The van der Waals surface area contributed by atoms with Crippen molar-refractivity contribution in [3.63, 3.8) is 0 Å². The van der Waals surface area contributed by atoms with Crippen LogP contribution in [-0.2, 0) is 0 Å². The van der Waals surface area contributed by atoms with Crippen molar-refractivity contribution < 1.29 is 9.94 Å². The molecule has 0 fully saturated rings. The number of methoxy groups -OCH3 is 1. The first-order chi connectivity index (χ1) is 6.81. The second-order valence-corrected chi connectivity index (χ2v) is 2.49. The minimum atomic E-state index is 0.398. The van der Waals surface area contributed by atoms with Gasteiger partial charge in [-0.1, -0.05) is 5.16 Å². The van der Waals surface area contributed by atoms with Gasteiger partial charge < -0.3 is 15.8 Å². The van der Waals surface area contributed by atoms with Gasteiger partial charge in [-0.15, -0.1) is 0 Å². The molecule has 0 radical (unpaired) electrons. The predicted octanol–water partition coefficient (Wildman–Crippen LogP) is 0.818. The Morgan fingerprint density at radius 2 is 2.07 bits per heavy atom. The van der Waals surface area contributed by atoms with Gasteiger partial charge in [0.1, 0.15) is 11.5 Å². The minimum absolute atomic E-state index is 0.398. The normalized spacial score (nSPS) is 11.9. The first kappa shape index (κ1) is 10.0. The molecule has 1 rings (SSSR count). The van der Waals surface area contributed by atoms with Crippen LogP contribution in [0.4, 0.5) is 0 Å². The molecule has 5 heteroatoms. The van der Waals surface area contributed by atoms with Crippen molar-refractivity contribution in [1.29, 1.82) is 0 Å². The van der Waals surface area contributed by atoms with E-state index in [0.717, 1.165) is 11.3 Å². The fraction of sp³-hybridized carbons (Fsp3) is 0.111. The Balaban J connectivity index is 2.96. The molecule has 5 nitrogen and oxygen atoms in total. The second kappa shape index (κ2) is 4.86. The van der Waals surface area contributed by atoms with Crippen LogP contribution >= 0.6 is 0 Å². The lowest BCUT2D eigenvalue weighted by Gasteiger charge is -2.01. The molecular formula is C9H11N3O2. The van der Waals surface area contributed by atoms with Crippen molar-refractivity contribution in [3.8, 4) is 5.75 Å². The summed E-state index contributed by atoms with van der Waals surface area (Å²) in [5, 5.41) is 14.7. The van der Waals surface area contributed by atoms with E-state index < -0.39 is 0 Å². The van der Waals surface area contributed by atoms with Gasteiger partial charge in [0.2, 0.25) is 0 Å². The van der Waals surface area contributed by atoms with Crippen molar-refractivity contribution >= 4 is 11.9 Å². The van der Waals surface area contributed by atoms with Gasteiger partial charge >= 0.3 is 0 Å². The molecule has 0 amide bonds. The molecule has 0 saturated carbocycles. The highest BCUT2D eigenvalue weighted by Crippen LogP contribution is 2.11. The van der Waals surface area contributed by atoms with Gasteiger partial charge in [0.15, 0.2) is 0 Å². The summed E-state index contributed by atoms with van der Waals surface area (Å²) in [7, 11) is 1.59. The molecule has 0 aliphatic heterocycles. The van der Waals surface area contributed by atoms with E-state index in [1.165, 1.54) is 6.21 Å². The largest absolute Gasteiger partial charge is 0.497 e. The lowest BCUT2D eigenvalue weighted by Crippen LogP contribution is -2.05. The third kappa shape index (κ3) is 2.22. The zero-order chi connectivity index (χ0) is 10.4. The smallest absolute Gasteiger partial charge is 0.118 e. The molecule has 14 heavy (non-hydrogen) atoms. The van der Waals surface area contributed by atoms with Crippen LogP contribution in [0.25, 0.3) is 0 Å². The van der Waals surface area contributed by atoms with Crippen LogP contribution in [0.5, 0.6) is 5.75 Å². The van der Waals surface area contributed by atoms with Crippen LogP contribution in [0, 0.1) is 0 Å². The zero-order valence-corrected chi connectivity index (χ0v) is 7.71. The summed E-state index contributed by atoms with van der Waals surface area (Å²) in [5.41, 5.74) is 1.15. The maximum atomic E-state index is 8.34. The summed E-state index contributed by atoms with van der Waals surface area (Å²) in [6.07, 6.45) is 1.17. The zero-order valence-electron chi connectivity index (χ0n) is 7.71. The van der Waals surface area contributed by atoms with E-state index in [4.69, 9.17) is 15.8 Å². The average Bonchev–Trinajstić information content (AvgIpc) is 2.26. The first-order valence-electron chi connectivity index (χ1n) is 3.91. The second-order valence-electron chi connectivity index (χ2n) is 2.49. The quantitative estimate of drug-likeness (QED) is 0.323. The molecule has 0 aromatic heterocycles. The highest BCUT2D eigenvalue weighted by Gasteiger charge is 2.00. The number of hydrogen-bond donors (Lipinski definition) is 2. The third-order valence-electron chi connectivity index (χ3n) is 1.70. The number of hydrogen-bond acceptors (Lipinski definition) is 5. The average molecular weight is 193 g/mol. The number of benzene rings is 1. The summed E-state index contributed by atoms with van der Waals surface area (Å²) < 4.78 is 4.99. The minimum Gasteiger partial charge on any atom is -0.497 e. The van der Waals surface area contributed by atoms with Crippen molar-refractivity contribution in [2.75, 3.05) is 7.11 Å². The molecule has 1 aromatic rings. The van der Waals surface area contributed by atoms with E-state index in [0.29, 0.717) is 5.71 Å². The number of rotatable bonds is 3. The highest BCUT2D eigenvalue weighted by atomic mass is 16.5. The molecule has 0 spiro atoms. The van der Waals surface area contributed by atoms with Gasteiger partial charge in [0.25, 0.3) is 0 Å². The van der Waals surface area contributed by atoms with Gasteiger partial charge in [-0.2, -0.15) is 5.10 Å². The van der Waals surface area contributed by atoms with Crippen LogP contribution in [0.3, 0.4) is 0 Å². The summed E-state index contributed by atoms with van der Waals surface area (Å²) >= 11 is 0. The maximum absolute atomic E-state index is 8.34. The number of hydrazone groups is 1. The molecule has 0 aliphatic carbocycles. The van der Waals surface area contributed by atoms with Gasteiger partial charge in [-0.3, -0.25) is 0 Å². The third-order valence-corrected chi connectivity index (χ3v) is 1.70. The lowest BCUT2D eigenvalue weighted by atomic mass is 10.1. The molecule has 0 unspecified atom stereocenters. The Labute approximate surface area is 81.5 Å². The molecule has 74 valence electrons. The molecule has 3 N–H and O–H groups in total. The van der Waals surface area contributed by atoms with Crippen molar-refractivity contribution in [3.05, 3.63) is 29.8 Å². The number of ether oxygens (including phenoxy) is 1. The molecular weight excluding hydrogens is 182 g/mol. The SMILES string of the molecule is COc1ccc(C(/C=N/O)=N\N)cc1. The predicted molar refractivity (Wildman–Crippen MR) is 54.0 cm³/mol. The number of nitrogens with two attached hydrogens (primary N) is 1. The van der Waals surface area contributed by atoms with E-state index in [1.54, 1.807) is 31.4 Å². The molecule has 0 heterocycles. The van der Waals surface area contributed by atoms with E-state index in [9.17, 15) is 0 Å². The van der Waals surface area contributed by atoms with Crippen LogP contribution in [-0.4, -0.2) is 24.2 Å². The Kier molecular flexibility index (Phi) is 3.49. The van der Waals surface area contributed by atoms with Gasteiger partial charge in [-0.05, 0) is 24.3 Å². The molecule has 0 atom stereocenters. The summed E-state index contributed by atoms with van der Waals surface area (Å²) in [6, 6.07) is 7.08. The summed E-state index contributed by atoms with van der Waals surface area (Å²) in [4.78, 5) is 0. The van der Waals surface area contributed by atoms with Crippen LogP contribution in [0.2, 0.25) is 0 Å². The van der Waals surface area contributed by atoms with Gasteiger partial charge in [-0.25, -0.2) is 0 Å². The van der Waals surface area contributed by atoms with E-state index in [1.807, 2.05) is 0 Å². The van der Waals surface area contributed by atoms with E-state index in [-0.39, 0.29) is 0 Å². The Morgan fingerprint density at radius 1 is 1.43 bits per heavy atom. The van der Waals surface area contributed by atoms with Crippen LogP contribution < -0.4 is 10.6 Å². The summed E-state index contributed by atoms with van der Waals surface area (Å²) in [5.74, 6) is 5.86. The summed E-state index contributed by atoms with van der Waals surface area (Å²) in [6.45, 7) is 0. The topological polar surface area (TPSA) is 80.2 Å². The molecule has 1 aromatic carbocycles. The number of oxime groups is 1. The van der Waals surface area contributed by atoms with Crippen molar-refractivity contribution in [2.45, 2.75) is 0 Å². The Bertz CT molecular complexity index is 344. The van der Waals surface area contributed by atoms with Gasteiger partial charge in [0, 0.05) is 5.56 Å². The van der Waals surface area contributed by atoms with Gasteiger partial charge in [0.05, 0.1) is 13.3 Å². The fourth-order valence-corrected chi connectivity index (χ4v) is 0.999. The van der Waals surface area contributed by atoms with Crippen molar-refractivity contribution in [2.24, 2.45) is 16.1 Å². The highest BCUT2D eigenvalue weighted by molar-refractivity contribution is 6.38. The Hall–Kier alpha value is -2.04. The monoisotopic (exact) mass is 193 g/mol. The molecule has 0 saturated heterocycles. The van der Waals surface area contributed by atoms with E-state index >= 15 is 0 Å². The van der Waals surface area contributed by atoms with Crippen LogP contribution in [0.15, 0.2) is 34.5 Å². The standard InChI is InChI=1S/C9H11N3O2/c1-14-8-4-2-7(3-5-8)9(12-10)6-11-13/h2-6,13H,10H2,1H3/b11-6+,12-9-. The molecule has 0 bridgehead atoms. The number of nitrogens with zero attached hydrogens (tertiary/aromatic N) is 2. The Morgan fingerprint density at radius 3 is 2.50 bits per heavy atom. The maximum Gasteiger partial charge on any atom is 0.118 e. The fourth-order valence-electron chi connectivity index (χ4n) is 0.999. The van der Waals surface area contributed by atoms with E-state index in [2.05, 4.69) is 10.3 Å². The lowest BCUT2D eigenvalue weighted by molar-refractivity contribution is 0.322. The van der Waals surface area contributed by atoms with Crippen molar-refractivity contribution in [1.82, 2.24) is 0 Å². The molecule has 0 aliphatic rings. The first-order valence-corrected chi connectivity index (χ1v) is 3.91.